The van der Waals surface area contributed by atoms with Gasteiger partial charge < -0.3 is 0 Å². The maximum atomic E-state index is 12.5. The first-order valence-electron chi connectivity index (χ1n) is 8.37. The molecule has 0 radical (unpaired) electrons. The fourth-order valence-corrected chi connectivity index (χ4v) is 4.85. The molecule has 0 heterocycles. The third kappa shape index (κ3) is 8.83. The average Bonchev–Trinajstić information content (AvgIpc) is 2.26. The molecule has 0 aliphatic carbocycles. The molecule has 0 saturated heterocycles. The Bertz CT molecular complexity index is 597. The van der Waals surface area contributed by atoms with Gasteiger partial charge in [-0.25, -0.2) is 12.7 Å². The van der Waals surface area contributed by atoms with Crippen LogP contribution in [0, 0.1) is 5.41 Å². The van der Waals surface area contributed by atoms with Gasteiger partial charge in [-0.1, -0.05) is 20.8 Å². The van der Waals surface area contributed by atoms with Gasteiger partial charge in [-0.15, -0.1) is 0 Å². The number of hydrogen-bond acceptors (Lipinski definition) is 4. The van der Waals surface area contributed by atoms with E-state index in [0.717, 1.165) is 0 Å². The summed E-state index contributed by atoms with van der Waals surface area (Å²) in [7, 11) is -5.35. The van der Waals surface area contributed by atoms with Crippen LogP contribution in [0.15, 0.2) is 0 Å². The van der Waals surface area contributed by atoms with Crippen LogP contribution in [-0.2, 0) is 19.5 Å². The Morgan fingerprint density at radius 3 is 1.67 bits per heavy atom. The Morgan fingerprint density at radius 1 is 0.917 bits per heavy atom. The van der Waals surface area contributed by atoms with Crippen molar-refractivity contribution in [2.24, 2.45) is 5.41 Å². The van der Waals surface area contributed by atoms with Crippen molar-refractivity contribution in [1.82, 2.24) is 9.21 Å². The zero-order valence-electron chi connectivity index (χ0n) is 17.0. The van der Waals surface area contributed by atoms with Gasteiger partial charge in [0, 0.05) is 53.4 Å². The summed E-state index contributed by atoms with van der Waals surface area (Å²) in [4.78, 5) is 2.19. The summed E-state index contributed by atoms with van der Waals surface area (Å²) >= 11 is 0. The normalized spacial score (nSPS) is 18.0. The summed E-state index contributed by atoms with van der Waals surface area (Å²) < 4.78 is 37.6. The number of hydrogen-bond donors (Lipinski definition) is 0. The van der Waals surface area contributed by atoms with E-state index >= 15 is 0 Å². The molecule has 0 saturated carbocycles. The number of rotatable bonds is 8. The molecule has 24 heavy (non-hydrogen) atoms. The quantitative estimate of drug-likeness (QED) is 0.604. The van der Waals surface area contributed by atoms with Crippen LogP contribution < -0.4 is 0 Å². The Kier molecular flexibility index (Phi) is 8.02. The van der Waals surface area contributed by atoms with Crippen molar-refractivity contribution in [1.29, 1.82) is 0 Å². The molecule has 146 valence electrons. The minimum atomic E-state index is -3.02. The molecule has 0 spiro atoms. The molecule has 0 bridgehead atoms. The van der Waals surface area contributed by atoms with Gasteiger partial charge in [0.25, 0.3) is 0 Å². The lowest BCUT2D eigenvalue weighted by Crippen LogP contribution is -2.51. The van der Waals surface area contributed by atoms with E-state index in [2.05, 4.69) is 38.5 Å². The van der Waals surface area contributed by atoms with E-state index in [1.807, 2.05) is 25.1 Å². The molecule has 2 unspecified atom stereocenters. The standard InChI is InChI=1S/C17H38N2O3S2/c1-15(16(2,3)4)18(13-14-24(10,21)22)11-12-19(17(5,6)7)23(8,9)20/h15H,8,11-14H2,1-7,9-10H3. The maximum Gasteiger partial charge on any atom is 0.148 e. The number of sulfone groups is 1. The molecule has 7 heteroatoms. The van der Waals surface area contributed by atoms with Crippen LogP contribution in [0.25, 0.3) is 0 Å². The largest absolute Gasteiger partial charge is 0.298 e. The van der Waals surface area contributed by atoms with E-state index in [-0.39, 0.29) is 22.7 Å². The summed E-state index contributed by atoms with van der Waals surface area (Å²) in [5.41, 5.74) is -0.233. The Balaban J connectivity index is 5.31. The molecule has 0 aliphatic heterocycles. The van der Waals surface area contributed by atoms with Gasteiger partial charge in [0.15, 0.2) is 0 Å². The van der Waals surface area contributed by atoms with E-state index < -0.39 is 19.5 Å². The molecule has 0 N–H and O–H groups in total. The molecule has 0 aliphatic rings. The number of nitrogens with zero attached hydrogens (tertiary/aromatic N) is 2. The third-order valence-electron chi connectivity index (χ3n) is 4.36. The van der Waals surface area contributed by atoms with Crippen molar-refractivity contribution in [3.63, 3.8) is 0 Å². The highest BCUT2D eigenvalue weighted by Crippen LogP contribution is 2.25. The topological polar surface area (TPSA) is 57.7 Å². The van der Waals surface area contributed by atoms with Crippen molar-refractivity contribution in [2.75, 3.05) is 37.9 Å². The summed E-state index contributed by atoms with van der Waals surface area (Å²) in [6.45, 7) is 16.4. The van der Waals surface area contributed by atoms with E-state index in [1.165, 1.54) is 6.26 Å². The fourth-order valence-electron chi connectivity index (χ4n) is 2.66. The van der Waals surface area contributed by atoms with Gasteiger partial charge in [-0.05, 0) is 39.0 Å². The van der Waals surface area contributed by atoms with Crippen molar-refractivity contribution in [3.05, 3.63) is 0 Å². The maximum absolute atomic E-state index is 12.5. The Labute approximate surface area is 150 Å². The Hall–Kier alpha value is -0.110. The first-order chi connectivity index (χ1) is 10.4. The highest BCUT2D eigenvalue weighted by molar-refractivity contribution is 7.97. The van der Waals surface area contributed by atoms with Gasteiger partial charge in [0.05, 0.1) is 5.75 Å². The lowest BCUT2D eigenvalue weighted by Gasteiger charge is -2.41. The lowest BCUT2D eigenvalue weighted by atomic mass is 9.87. The highest BCUT2D eigenvalue weighted by Gasteiger charge is 2.30. The zero-order chi connectivity index (χ0) is 19.6. The average molecular weight is 383 g/mol. The second-order valence-electron chi connectivity index (χ2n) is 8.94. The van der Waals surface area contributed by atoms with Crippen LogP contribution in [0.3, 0.4) is 0 Å². The van der Waals surface area contributed by atoms with Crippen molar-refractivity contribution >= 4 is 25.4 Å². The van der Waals surface area contributed by atoms with E-state index in [4.69, 9.17) is 0 Å². The van der Waals surface area contributed by atoms with Crippen molar-refractivity contribution in [3.8, 4) is 0 Å². The van der Waals surface area contributed by atoms with Gasteiger partial charge in [-0.2, -0.15) is 0 Å². The second kappa shape index (κ2) is 8.06. The molecule has 0 fully saturated rings. The predicted molar refractivity (Wildman–Crippen MR) is 108 cm³/mol. The van der Waals surface area contributed by atoms with E-state index in [9.17, 15) is 12.6 Å². The molecule has 2 atom stereocenters. The summed E-state index contributed by atoms with van der Waals surface area (Å²) in [6, 6.07) is 0.207. The molecule has 0 rings (SSSR count). The highest BCUT2D eigenvalue weighted by atomic mass is 32.2. The van der Waals surface area contributed by atoms with E-state index in [0.29, 0.717) is 19.6 Å². The second-order valence-corrected chi connectivity index (χ2v) is 13.6. The van der Waals surface area contributed by atoms with E-state index in [1.54, 1.807) is 6.26 Å². The fraction of sp³-hybridized carbons (Fsp3) is 0.941. The first kappa shape index (κ1) is 23.9. The van der Waals surface area contributed by atoms with Crippen molar-refractivity contribution < 1.29 is 12.6 Å². The van der Waals surface area contributed by atoms with Crippen LogP contribution in [0.1, 0.15) is 48.5 Å². The van der Waals surface area contributed by atoms with Crippen LogP contribution >= 0.6 is 0 Å². The molecule has 0 aromatic rings. The van der Waals surface area contributed by atoms with Gasteiger partial charge >= 0.3 is 0 Å². The molecule has 0 aromatic carbocycles. The lowest BCUT2D eigenvalue weighted by molar-refractivity contribution is 0.106. The smallest absolute Gasteiger partial charge is 0.148 e. The Morgan fingerprint density at radius 2 is 1.38 bits per heavy atom. The summed E-state index contributed by atoms with van der Waals surface area (Å²) in [5.74, 6) is 3.97. The van der Waals surface area contributed by atoms with Crippen LogP contribution in [0.5, 0.6) is 0 Å². The van der Waals surface area contributed by atoms with Gasteiger partial charge in [0.1, 0.15) is 9.84 Å². The molecule has 0 amide bonds. The monoisotopic (exact) mass is 382 g/mol. The molecule has 5 nitrogen and oxygen atoms in total. The van der Waals surface area contributed by atoms with Crippen LogP contribution in [-0.4, -0.2) is 77.2 Å². The molecular weight excluding hydrogens is 344 g/mol. The predicted octanol–water partition coefficient (Wildman–Crippen LogP) is 2.13. The van der Waals surface area contributed by atoms with Gasteiger partial charge in [-0.3, -0.25) is 9.11 Å². The van der Waals surface area contributed by atoms with Crippen LogP contribution in [0.2, 0.25) is 0 Å². The molecular formula is C17H38N2O3S2. The summed E-state index contributed by atoms with van der Waals surface area (Å²) in [6.07, 6.45) is 2.93. The third-order valence-corrected chi connectivity index (χ3v) is 6.94. The minimum absolute atomic E-state index is 0.0299. The van der Waals surface area contributed by atoms with Crippen molar-refractivity contribution in [2.45, 2.75) is 60.0 Å². The zero-order valence-corrected chi connectivity index (χ0v) is 18.7. The summed E-state index contributed by atoms with van der Waals surface area (Å²) in [5, 5.41) is 0. The van der Waals surface area contributed by atoms with Gasteiger partial charge in [0.2, 0.25) is 0 Å². The molecule has 0 aromatic heterocycles. The first-order valence-corrected chi connectivity index (χ1v) is 12.5. The van der Waals surface area contributed by atoms with Crippen LogP contribution in [0.4, 0.5) is 0 Å². The minimum Gasteiger partial charge on any atom is -0.298 e. The SMILES string of the molecule is C=S(C)(=O)N(CCN(CCS(C)(=O)=O)C(C)C(C)(C)C)C(C)(C)C.